The number of benzene rings is 4. The monoisotopic (exact) mass is 1260 g/mol. The van der Waals surface area contributed by atoms with Crippen molar-refractivity contribution in [2.45, 2.75) is 238 Å². The minimum Gasteiger partial charge on any atom is -2.00 e. The van der Waals surface area contributed by atoms with Gasteiger partial charge in [0.1, 0.15) is 26.2 Å². The second kappa shape index (κ2) is 34.7. The van der Waals surface area contributed by atoms with Crippen LogP contribution in [-0.2, 0) is 58.8 Å². The number of quaternary nitrogens is 2. The van der Waals surface area contributed by atoms with E-state index in [1.165, 1.54) is 84.4 Å². The number of hydrogen-bond acceptors (Lipinski definition) is 6. The van der Waals surface area contributed by atoms with Crippen molar-refractivity contribution in [2.75, 3.05) is 13.1 Å². The van der Waals surface area contributed by atoms with Crippen LogP contribution in [0.25, 0.3) is 0 Å². The van der Waals surface area contributed by atoms with E-state index in [-0.39, 0.29) is 86.7 Å². The van der Waals surface area contributed by atoms with Crippen molar-refractivity contribution in [3.63, 3.8) is 0 Å². The summed E-state index contributed by atoms with van der Waals surface area (Å²) in [5, 5.41) is 66.8. The van der Waals surface area contributed by atoms with Crippen molar-refractivity contribution in [3.8, 4) is 35.1 Å². The molecule has 0 bridgehead atoms. The molecule has 0 aromatic heterocycles. The standard InChI is InChI=1S/2C30H47NO2.2C2H3N.2O.U/c2*1-10-11-12-13-14-31(19-23-17-25(29(4,5)6)15-21(2)27(23)32)20-24-18-26(30(7,8)9)16-22(3)28(24)33;2*1-2-3;;;/h2*15-18,32-33H,10-14,19-20H2,1-9H3;2*1H3;;;/q;;;;2*-2;/p-2. The van der Waals surface area contributed by atoms with Crippen LogP contribution in [0.4, 0.5) is 0 Å². The van der Waals surface area contributed by atoms with Gasteiger partial charge in [-0.2, -0.15) is 10.5 Å². The van der Waals surface area contributed by atoms with Crippen LogP contribution in [0.5, 0.6) is 23.0 Å². The van der Waals surface area contributed by atoms with E-state index in [2.05, 4.69) is 121 Å². The number of nitrogens with zero attached hydrogens (tertiary/aromatic N) is 2. The summed E-state index contributed by atoms with van der Waals surface area (Å²) < 4.78 is 0. The van der Waals surface area contributed by atoms with E-state index in [0.717, 1.165) is 70.4 Å². The first-order valence-electron chi connectivity index (χ1n) is 26.8. The molecule has 4 aromatic carbocycles. The molecule has 11 heteroatoms. The van der Waals surface area contributed by atoms with Gasteiger partial charge in [-0.15, -0.1) is 0 Å². The molecular formula is C64H98N4O6U-6. The third-order valence-corrected chi connectivity index (χ3v) is 13.4. The van der Waals surface area contributed by atoms with Crippen LogP contribution in [0.2, 0.25) is 0 Å². The third kappa shape index (κ3) is 25.8. The largest absolute Gasteiger partial charge is 2.00 e. The Hall–Kier alpha value is -4.05. The van der Waals surface area contributed by atoms with Crippen LogP contribution in [-0.4, -0.2) is 13.1 Å². The topological polar surface area (TPSA) is 206 Å². The summed E-state index contributed by atoms with van der Waals surface area (Å²) in [6.45, 7) is 45.9. The molecule has 420 valence electrons. The Morgan fingerprint density at radius 2 is 0.573 bits per heavy atom. The number of aryl methyl sites for hydroxylation is 4. The fourth-order valence-corrected chi connectivity index (χ4v) is 8.80. The zero-order valence-corrected chi connectivity index (χ0v) is 54.5. The molecule has 0 atom stereocenters. The summed E-state index contributed by atoms with van der Waals surface area (Å²) >= 11 is 0. The number of rotatable bonds is 18. The first-order chi connectivity index (χ1) is 33.3. The minimum absolute atomic E-state index is 0. The fourth-order valence-electron chi connectivity index (χ4n) is 8.80. The normalized spacial score (nSPS) is 11.3. The first-order valence-corrected chi connectivity index (χ1v) is 26.8. The minimum atomic E-state index is -0.00512. The summed E-state index contributed by atoms with van der Waals surface area (Å²) in [6.07, 6.45) is 9.46. The summed E-state index contributed by atoms with van der Waals surface area (Å²) in [5.41, 5.74) is 11.6. The molecule has 0 unspecified atom stereocenters. The van der Waals surface area contributed by atoms with E-state index in [1.807, 2.05) is 52.0 Å². The van der Waals surface area contributed by atoms with Crippen LogP contribution < -0.4 is 30.2 Å². The number of nitriles is 2. The molecule has 0 heterocycles. The van der Waals surface area contributed by atoms with E-state index >= 15 is 0 Å². The number of nitrogens with one attached hydrogen (secondary N) is 2. The molecule has 75 heavy (non-hydrogen) atoms. The molecule has 0 amide bonds. The Morgan fingerprint density at radius 1 is 0.387 bits per heavy atom. The first kappa shape index (κ1) is 75.2. The zero-order valence-electron chi connectivity index (χ0n) is 50.4. The molecule has 0 saturated heterocycles. The van der Waals surface area contributed by atoms with Gasteiger partial charge in [0, 0.05) is 45.0 Å². The smallest absolute Gasteiger partial charge is 0.102 e. The molecule has 4 rings (SSSR count). The zero-order chi connectivity index (χ0) is 55.4. The van der Waals surface area contributed by atoms with Crippen molar-refractivity contribution in [1.29, 1.82) is 10.5 Å². The van der Waals surface area contributed by atoms with E-state index in [4.69, 9.17) is 10.5 Å². The van der Waals surface area contributed by atoms with E-state index in [1.54, 1.807) is 12.1 Å². The molecule has 4 aromatic rings. The average molecular weight is 1260 g/mol. The second-order valence-corrected chi connectivity index (χ2v) is 24.4. The van der Waals surface area contributed by atoms with Gasteiger partial charge in [-0.1, -0.05) is 216 Å². The molecule has 0 aliphatic rings. The Bertz CT molecular complexity index is 2080. The molecule has 0 aliphatic carbocycles. The van der Waals surface area contributed by atoms with Crippen LogP contribution in [0.15, 0.2) is 48.5 Å². The van der Waals surface area contributed by atoms with Gasteiger partial charge in [-0.05, 0) is 120 Å². The predicted octanol–water partition coefficient (Wildman–Crippen LogP) is 11.2. The Balaban J connectivity index is -0.00000121. The van der Waals surface area contributed by atoms with Gasteiger partial charge >= 0.3 is 0 Å². The maximum atomic E-state index is 13.0. The van der Waals surface area contributed by atoms with Crippen molar-refractivity contribution >= 4 is 0 Å². The third-order valence-electron chi connectivity index (χ3n) is 13.4. The van der Waals surface area contributed by atoms with Gasteiger partial charge in [-0.25, -0.2) is 0 Å². The average Bonchev–Trinajstić information content (AvgIpc) is 3.26. The van der Waals surface area contributed by atoms with Gasteiger partial charge in [-0.3, -0.25) is 0 Å². The molecule has 0 saturated carbocycles. The number of hydrogen-bond donors (Lipinski definition) is 2. The molecule has 0 radical (unpaired) electrons. The summed E-state index contributed by atoms with van der Waals surface area (Å²) in [4.78, 5) is 2.60. The van der Waals surface area contributed by atoms with E-state index < -0.39 is 0 Å². The Morgan fingerprint density at radius 3 is 0.733 bits per heavy atom. The fraction of sp³-hybridized carbons (Fsp3) is 0.594. The van der Waals surface area contributed by atoms with Gasteiger partial charge in [0.15, 0.2) is 0 Å². The summed E-state index contributed by atoms with van der Waals surface area (Å²) in [5.74, 6) is 0.596. The van der Waals surface area contributed by atoms with Crippen LogP contribution in [0.1, 0.15) is 229 Å². The maximum absolute atomic E-state index is 13.0. The van der Waals surface area contributed by atoms with Crippen LogP contribution in [0.3, 0.4) is 0 Å². The van der Waals surface area contributed by atoms with Gasteiger partial charge in [0.05, 0.1) is 25.2 Å². The maximum Gasteiger partial charge on any atom is 0.102 e. The second-order valence-electron chi connectivity index (χ2n) is 24.4. The molecule has 2 N–H and O–H groups in total. The van der Waals surface area contributed by atoms with Crippen molar-refractivity contribution in [2.24, 2.45) is 0 Å². The molecule has 0 fully saturated rings. The van der Waals surface area contributed by atoms with Crippen LogP contribution >= 0.6 is 0 Å². The predicted molar refractivity (Wildman–Crippen MR) is 296 cm³/mol. The quantitative estimate of drug-likeness (QED) is 0.0926. The Labute approximate surface area is 481 Å². The van der Waals surface area contributed by atoms with Gasteiger partial charge < -0.3 is 41.2 Å². The van der Waals surface area contributed by atoms with Crippen LogP contribution in [0, 0.1) is 81.5 Å². The molecule has 0 aliphatic heterocycles. The van der Waals surface area contributed by atoms with Gasteiger partial charge in [0.25, 0.3) is 0 Å². The van der Waals surface area contributed by atoms with Crippen molar-refractivity contribution < 1.29 is 72.3 Å². The molecular weight excluding hydrogens is 1160 g/mol. The molecule has 10 nitrogen and oxygen atoms in total. The van der Waals surface area contributed by atoms with Gasteiger partial charge in [0.2, 0.25) is 0 Å². The summed E-state index contributed by atoms with van der Waals surface area (Å²) in [6, 6.07) is 20.1. The van der Waals surface area contributed by atoms with E-state index in [0.29, 0.717) is 26.2 Å². The van der Waals surface area contributed by atoms with Crippen molar-refractivity contribution in [3.05, 3.63) is 115 Å². The van der Waals surface area contributed by atoms with E-state index in [9.17, 15) is 20.4 Å². The Kier molecular flexibility index (Phi) is 34.8. The SMILES string of the molecule is CC#N.CC#N.CCCCCC[NH+](Cc1cc(C(C)(C)C)cc(C)c1[O-])Cc1cc(C(C)(C)C)cc(C)c1[O-].CCCCCC[NH+](Cc1cc(C(C)(C)C)cc(C)c1[O-])Cc1cc(C(C)(C)C)cc(C)c1[O-].[O-2].[O-2].[U]. The molecule has 0 spiro atoms. The number of unbranched alkanes of at least 4 members (excludes halogenated alkanes) is 6. The van der Waals surface area contributed by atoms with Crippen molar-refractivity contribution in [1.82, 2.24) is 0 Å². The summed E-state index contributed by atoms with van der Waals surface area (Å²) in [7, 11) is 0.